The minimum Gasteiger partial charge on any atom is -0.489 e. The molecule has 5 nitrogen and oxygen atoms in total. The molecule has 6 heteroatoms. The number of hydrogen-bond donors (Lipinski definition) is 2. The van der Waals surface area contributed by atoms with Crippen LogP contribution in [0.1, 0.15) is 18.0 Å². The van der Waals surface area contributed by atoms with Gasteiger partial charge in [0, 0.05) is 32.1 Å². The summed E-state index contributed by atoms with van der Waals surface area (Å²) in [5.74, 6) is 1.35. The maximum Gasteiger partial charge on any atom is 0.179 e. The second-order valence-electron chi connectivity index (χ2n) is 5.43. The van der Waals surface area contributed by atoms with E-state index in [9.17, 15) is 0 Å². The summed E-state index contributed by atoms with van der Waals surface area (Å²) in [6.45, 7) is 3.60. The predicted molar refractivity (Wildman–Crippen MR) is 85.4 cm³/mol. The molecule has 1 aliphatic heterocycles. The van der Waals surface area contributed by atoms with Crippen LogP contribution in [0.2, 0.25) is 5.02 Å². The van der Waals surface area contributed by atoms with E-state index in [0.29, 0.717) is 36.3 Å². The Kier molecular flexibility index (Phi) is 6.11. The highest BCUT2D eigenvalue weighted by molar-refractivity contribution is 6.32. The number of likely N-dealkylation sites (N-methyl/N-ethyl adjacent to an activating group) is 1. The molecule has 0 saturated heterocycles. The Morgan fingerprint density at radius 3 is 2.81 bits per heavy atom. The summed E-state index contributed by atoms with van der Waals surface area (Å²) in [7, 11) is 4.09. The van der Waals surface area contributed by atoms with Crippen LogP contribution in [0.3, 0.4) is 0 Å². The Hall–Kier alpha value is -1.01. The highest BCUT2D eigenvalue weighted by Crippen LogP contribution is 2.39. The van der Waals surface area contributed by atoms with Gasteiger partial charge in [-0.1, -0.05) is 11.6 Å². The smallest absolute Gasteiger partial charge is 0.179 e. The molecule has 1 aliphatic rings. The number of ether oxygens (including phenoxy) is 2. The van der Waals surface area contributed by atoms with Crippen molar-refractivity contribution in [2.24, 2.45) is 5.73 Å². The van der Waals surface area contributed by atoms with Gasteiger partial charge in [-0.15, -0.1) is 0 Å². The van der Waals surface area contributed by atoms with Crippen molar-refractivity contribution in [1.29, 1.82) is 0 Å². The third-order valence-corrected chi connectivity index (χ3v) is 3.69. The van der Waals surface area contributed by atoms with Crippen LogP contribution in [0.25, 0.3) is 0 Å². The van der Waals surface area contributed by atoms with E-state index < -0.39 is 0 Å². The van der Waals surface area contributed by atoms with E-state index in [-0.39, 0.29) is 6.04 Å². The molecule has 1 atom stereocenters. The number of benzene rings is 1. The lowest BCUT2D eigenvalue weighted by Gasteiger charge is -2.21. The third kappa shape index (κ3) is 4.48. The molecule has 1 aromatic rings. The molecular formula is C15H24ClN3O2. The Bertz CT molecular complexity index is 468. The van der Waals surface area contributed by atoms with Crippen LogP contribution in [-0.2, 0) is 0 Å². The molecular weight excluding hydrogens is 290 g/mol. The summed E-state index contributed by atoms with van der Waals surface area (Å²) in [6.07, 6.45) is 0.863. The topological polar surface area (TPSA) is 59.8 Å². The van der Waals surface area contributed by atoms with Gasteiger partial charge in [-0.3, -0.25) is 0 Å². The van der Waals surface area contributed by atoms with Crippen molar-refractivity contribution in [2.45, 2.75) is 12.5 Å². The molecule has 0 aromatic heterocycles. The van der Waals surface area contributed by atoms with Gasteiger partial charge in [-0.2, -0.15) is 0 Å². The first kappa shape index (κ1) is 16.4. The number of nitrogens with two attached hydrogens (primary N) is 1. The SMILES string of the molecule is CN(C)CCNC(CN)c1cc(Cl)c2c(c1)OCCCO2. The molecule has 3 N–H and O–H groups in total. The summed E-state index contributed by atoms with van der Waals surface area (Å²) in [5, 5.41) is 4.03. The average molecular weight is 314 g/mol. The standard InChI is InChI=1S/C15H24ClN3O2/c1-19(2)5-4-18-13(10-17)11-8-12(16)15-14(9-11)20-6-3-7-21-15/h8-9,13,18H,3-7,10,17H2,1-2H3. The molecule has 2 rings (SSSR count). The Balaban J connectivity index is 2.14. The molecule has 0 saturated carbocycles. The van der Waals surface area contributed by atoms with Crippen LogP contribution in [-0.4, -0.2) is 51.8 Å². The molecule has 1 aromatic carbocycles. The average Bonchev–Trinajstić information content (AvgIpc) is 2.69. The number of rotatable bonds is 6. The number of fused-ring (bicyclic) bond motifs is 1. The number of halogens is 1. The molecule has 0 amide bonds. The summed E-state index contributed by atoms with van der Waals surface area (Å²) < 4.78 is 11.4. The molecule has 21 heavy (non-hydrogen) atoms. The Labute approximate surface area is 131 Å². The van der Waals surface area contributed by atoms with Crippen LogP contribution in [0.15, 0.2) is 12.1 Å². The van der Waals surface area contributed by atoms with Gasteiger partial charge in [0.25, 0.3) is 0 Å². The van der Waals surface area contributed by atoms with Crippen LogP contribution in [0, 0.1) is 0 Å². The fraction of sp³-hybridized carbons (Fsp3) is 0.600. The summed E-state index contributed by atoms with van der Waals surface area (Å²) >= 11 is 6.32. The lowest BCUT2D eigenvalue weighted by atomic mass is 10.1. The van der Waals surface area contributed by atoms with Gasteiger partial charge in [0.2, 0.25) is 0 Å². The zero-order valence-electron chi connectivity index (χ0n) is 12.7. The lowest BCUT2D eigenvalue weighted by molar-refractivity contribution is 0.297. The highest BCUT2D eigenvalue weighted by atomic mass is 35.5. The van der Waals surface area contributed by atoms with Crippen LogP contribution < -0.4 is 20.5 Å². The minimum atomic E-state index is 0.0552. The van der Waals surface area contributed by atoms with E-state index in [0.717, 1.165) is 25.1 Å². The van der Waals surface area contributed by atoms with E-state index in [1.165, 1.54) is 0 Å². The Morgan fingerprint density at radius 1 is 1.33 bits per heavy atom. The van der Waals surface area contributed by atoms with Gasteiger partial charge in [-0.05, 0) is 31.8 Å². The van der Waals surface area contributed by atoms with E-state index in [2.05, 4.69) is 10.2 Å². The molecule has 1 heterocycles. The number of nitrogens with one attached hydrogen (secondary N) is 1. The molecule has 0 spiro atoms. The van der Waals surface area contributed by atoms with Gasteiger partial charge in [0.05, 0.1) is 18.2 Å². The summed E-state index contributed by atoms with van der Waals surface area (Å²) in [6, 6.07) is 3.95. The summed E-state index contributed by atoms with van der Waals surface area (Å²) in [4.78, 5) is 2.13. The first-order chi connectivity index (χ1) is 10.1. The predicted octanol–water partition coefficient (Wildman–Crippen LogP) is 1.65. The first-order valence-corrected chi connectivity index (χ1v) is 7.67. The van der Waals surface area contributed by atoms with Crippen molar-refractivity contribution < 1.29 is 9.47 Å². The molecule has 1 unspecified atom stereocenters. The number of hydrogen-bond acceptors (Lipinski definition) is 5. The number of nitrogens with zero attached hydrogens (tertiary/aromatic N) is 1. The molecule has 118 valence electrons. The molecule has 0 radical (unpaired) electrons. The van der Waals surface area contributed by atoms with Gasteiger partial charge >= 0.3 is 0 Å². The normalized spacial score (nSPS) is 15.9. The van der Waals surface area contributed by atoms with Crippen molar-refractivity contribution in [1.82, 2.24) is 10.2 Å². The summed E-state index contributed by atoms with van der Waals surface area (Å²) in [5.41, 5.74) is 6.92. The largest absolute Gasteiger partial charge is 0.489 e. The van der Waals surface area contributed by atoms with Crippen molar-refractivity contribution >= 4 is 11.6 Å². The third-order valence-electron chi connectivity index (χ3n) is 3.41. The Morgan fingerprint density at radius 2 is 2.10 bits per heavy atom. The zero-order valence-corrected chi connectivity index (χ0v) is 13.4. The van der Waals surface area contributed by atoms with Crippen molar-refractivity contribution in [3.05, 3.63) is 22.7 Å². The van der Waals surface area contributed by atoms with Crippen molar-refractivity contribution in [3.63, 3.8) is 0 Å². The van der Waals surface area contributed by atoms with Gasteiger partial charge in [0.1, 0.15) is 0 Å². The minimum absolute atomic E-state index is 0.0552. The quantitative estimate of drug-likeness (QED) is 0.836. The second kappa shape index (κ2) is 7.84. The second-order valence-corrected chi connectivity index (χ2v) is 5.83. The lowest BCUT2D eigenvalue weighted by Crippen LogP contribution is -2.33. The van der Waals surface area contributed by atoms with E-state index in [1.807, 2.05) is 26.2 Å². The van der Waals surface area contributed by atoms with Gasteiger partial charge < -0.3 is 25.4 Å². The maximum absolute atomic E-state index is 6.32. The van der Waals surface area contributed by atoms with Gasteiger partial charge in [0.15, 0.2) is 11.5 Å². The monoisotopic (exact) mass is 313 g/mol. The van der Waals surface area contributed by atoms with Crippen LogP contribution in [0.4, 0.5) is 0 Å². The van der Waals surface area contributed by atoms with Gasteiger partial charge in [-0.25, -0.2) is 0 Å². The van der Waals surface area contributed by atoms with Crippen LogP contribution in [0.5, 0.6) is 11.5 Å². The molecule has 0 aliphatic carbocycles. The highest BCUT2D eigenvalue weighted by Gasteiger charge is 2.19. The zero-order chi connectivity index (χ0) is 15.2. The van der Waals surface area contributed by atoms with Crippen molar-refractivity contribution in [2.75, 3.05) is 46.9 Å². The van der Waals surface area contributed by atoms with E-state index >= 15 is 0 Å². The fourth-order valence-electron chi connectivity index (χ4n) is 2.25. The van der Waals surface area contributed by atoms with E-state index in [1.54, 1.807) is 0 Å². The maximum atomic E-state index is 6.32. The first-order valence-electron chi connectivity index (χ1n) is 7.29. The molecule has 0 bridgehead atoms. The molecule has 0 fully saturated rings. The van der Waals surface area contributed by atoms with Crippen LogP contribution >= 0.6 is 11.6 Å². The van der Waals surface area contributed by atoms with Crippen molar-refractivity contribution in [3.8, 4) is 11.5 Å². The van der Waals surface area contributed by atoms with E-state index in [4.69, 9.17) is 26.8 Å². The fourth-order valence-corrected chi connectivity index (χ4v) is 2.53.